The molecule has 0 radical (unpaired) electrons. The number of nitrogens with zero attached hydrogens (tertiary/aromatic N) is 1. The van der Waals surface area contributed by atoms with Crippen molar-refractivity contribution in [2.24, 2.45) is 5.92 Å². The van der Waals surface area contributed by atoms with E-state index in [0.29, 0.717) is 12.0 Å². The van der Waals surface area contributed by atoms with Crippen LogP contribution in [0.1, 0.15) is 26.3 Å². The summed E-state index contributed by atoms with van der Waals surface area (Å²) in [5, 5.41) is 13.9. The second kappa shape index (κ2) is 6.35. The third-order valence-electron chi connectivity index (χ3n) is 3.08. The van der Waals surface area contributed by atoms with Crippen molar-refractivity contribution in [1.29, 1.82) is 0 Å². The minimum atomic E-state index is -0.367. The van der Waals surface area contributed by atoms with E-state index in [1.165, 1.54) is 0 Å². The molecule has 4 heteroatoms. The molecule has 0 aliphatic rings. The molecule has 0 saturated carbocycles. The SMILES string of the molecule is CCNC(C)C(C)Cc1ccc([N+](=O)[O-])cc1. The second-order valence-electron chi connectivity index (χ2n) is 4.45. The molecule has 0 amide bonds. The molecule has 0 fully saturated rings. The lowest BCUT2D eigenvalue weighted by molar-refractivity contribution is -0.384. The van der Waals surface area contributed by atoms with Gasteiger partial charge in [-0.1, -0.05) is 26.0 Å². The van der Waals surface area contributed by atoms with E-state index in [1.807, 2.05) is 12.1 Å². The Labute approximate surface area is 102 Å². The predicted octanol–water partition coefficient (Wildman–Crippen LogP) is 2.77. The highest BCUT2D eigenvalue weighted by Gasteiger charge is 2.12. The summed E-state index contributed by atoms with van der Waals surface area (Å²) in [4.78, 5) is 10.2. The van der Waals surface area contributed by atoms with Crippen LogP contribution in [0.3, 0.4) is 0 Å². The maximum absolute atomic E-state index is 10.5. The van der Waals surface area contributed by atoms with Gasteiger partial charge >= 0.3 is 0 Å². The minimum Gasteiger partial charge on any atom is -0.314 e. The van der Waals surface area contributed by atoms with Gasteiger partial charge in [0.05, 0.1) is 4.92 Å². The zero-order valence-corrected chi connectivity index (χ0v) is 10.6. The lowest BCUT2D eigenvalue weighted by atomic mass is 9.95. The number of hydrogen-bond donors (Lipinski definition) is 1. The first kappa shape index (κ1) is 13.6. The van der Waals surface area contributed by atoms with Gasteiger partial charge in [0.15, 0.2) is 0 Å². The number of nitro benzene ring substituents is 1. The average Bonchev–Trinajstić information content (AvgIpc) is 2.30. The lowest BCUT2D eigenvalue weighted by Crippen LogP contribution is -2.32. The Morgan fingerprint density at radius 3 is 2.35 bits per heavy atom. The Morgan fingerprint density at radius 1 is 1.29 bits per heavy atom. The van der Waals surface area contributed by atoms with Crippen LogP contribution in [0.25, 0.3) is 0 Å². The van der Waals surface area contributed by atoms with E-state index in [-0.39, 0.29) is 10.6 Å². The molecule has 94 valence electrons. The van der Waals surface area contributed by atoms with Gasteiger partial charge < -0.3 is 5.32 Å². The molecule has 0 heterocycles. The fourth-order valence-electron chi connectivity index (χ4n) is 1.83. The van der Waals surface area contributed by atoms with Crippen molar-refractivity contribution in [1.82, 2.24) is 5.32 Å². The predicted molar refractivity (Wildman–Crippen MR) is 69.1 cm³/mol. The molecule has 0 aliphatic heterocycles. The van der Waals surface area contributed by atoms with Crippen LogP contribution in [0.4, 0.5) is 5.69 Å². The summed E-state index contributed by atoms with van der Waals surface area (Å²) in [5.74, 6) is 0.511. The van der Waals surface area contributed by atoms with Crippen LogP contribution in [0.15, 0.2) is 24.3 Å². The van der Waals surface area contributed by atoms with Crippen molar-refractivity contribution in [3.05, 3.63) is 39.9 Å². The highest BCUT2D eigenvalue weighted by molar-refractivity contribution is 5.33. The van der Waals surface area contributed by atoms with Crippen LogP contribution >= 0.6 is 0 Å². The van der Waals surface area contributed by atoms with E-state index in [9.17, 15) is 10.1 Å². The number of rotatable bonds is 6. The molecule has 1 N–H and O–H groups in total. The van der Waals surface area contributed by atoms with Crippen LogP contribution in [0.5, 0.6) is 0 Å². The van der Waals surface area contributed by atoms with Gasteiger partial charge in [-0.25, -0.2) is 0 Å². The second-order valence-corrected chi connectivity index (χ2v) is 4.45. The topological polar surface area (TPSA) is 55.2 Å². The third-order valence-corrected chi connectivity index (χ3v) is 3.08. The van der Waals surface area contributed by atoms with E-state index < -0.39 is 0 Å². The molecule has 1 rings (SSSR count). The summed E-state index contributed by atoms with van der Waals surface area (Å²) in [5.41, 5.74) is 1.30. The zero-order valence-electron chi connectivity index (χ0n) is 10.6. The summed E-state index contributed by atoms with van der Waals surface area (Å²) in [6.07, 6.45) is 0.937. The molecule has 0 aliphatic carbocycles. The standard InChI is InChI=1S/C13H20N2O2/c1-4-14-11(3)10(2)9-12-5-7-13(8-6-12)15(16)17/h5-8,10-11,14H,4,9H2,1-3H3. The highest BCUT2D eigenvalue weighted by Crippen LogP contribution is 2.16. The van der Waals surface area contributed by atoms with Gasteiger partial charge in [-0.2, -0.15) is 0 Å². The maximum Gasteiger partial charge on any atom is 0.269 e. The van der Waals surface area contributed by atoms with Gasteiger partial charge in [0, 0.05) is 18.2 Å². The van der Waals surface area contributed by atoms with Crippen LogP contribution < -0.4 is 5.32 Å². The van der Waals surface area contributed by atoms with Gasteiger partial charge in [-0.05, 0) is 31.4 Å². The lowest BCUT2D eigenvalue weighted by Gasteiger charge is -2.20. The van der Waals surface area contributed by atoms with Crippen LogP contribution in [0, 0.1) is 16.0 Å². The number of nitrogens with one attached hydrogen (secondary N) is 1. The summed E-state index contributed by atoms with van der Waals surface area (Å²) in [7, 11) is 0. The maximum atomic E-state index is 10.5. The molecule has 2 unspecified atom stereocenters. The van der Waals surface area contributed by atoms with Crippen LogP contribution in [-0.2, 0) is 6.42 Å². The fraction of sp³-hybridized carbons (Fsp3) is 0.538. The van der Waals surface area contributed by atoms with E-state index in [0.717, 1.165) is 18.5 Å². The molecule has 2 atom stereocenters. The molecular weight excluding hydrogens is 216 g/mol. The number of hydrogen-bond acceptors (Lipinski definition) is 3. The van der Waals surface area contributed by atoms with E-state index in [4.69, 9.17) is 0 Å². The smallest absolute Gasteiger partial charge is 0.269 e. The normalized spacial score (nSPS) is 14.3. The highest BCUT2D eigenvalue weighted by atomic mass is 16.6. The van der Waals surface area contributed by atoms with E-state index >= 15 is 0 Å². The molecule has 17 heavy (non-hydrogen) atoms. The van der Waals surface area contributed by atoms with Gasteiger partial charge in [0.1, 0.15) is 0 Å². The van der Waals surface area contributed by atoms with Crippen molar-refractivity contribution in [2.75, 3.05) is 6.54 Å². The van der Waals surface area contributed by atoms with Gasteiger partial charge in [0.25, 0.3) is 5.69 Å². The van der Waals surface area contributed by atoms with Crippen molar-refractivity contribution in [3.8, 4) is 0 Å². The first-order valence-electron chi connectivity index (χ1n) is 6.01. The Hall–Kier alpha value is -1.42. The average molecular weight is 236 g/mol. The van der Waals surface area contributed by atoms with Crippen molar-refractivity contribution in [2.45, 2.75) is 33.2 Å². The van der Waals surface area contributed by atoms with Gasteiger partial charge in [-0.15, -0.1) is 0 Å². The molecule has 4 nitrogen and oxygen atoms in total. The third kappa shape index (κ3) is 4.15. The Morgan fingerprint density at radius 2 is 1.88 bits per heavy atom. The van der Waals surface area contributed by atoms with Crippen LogP contribution in [-0.4, -0.2) is 17.5 Å². The van der Waals surface area contributed by atoms with Gasteiger partial charge in [-0.3, -0.25) is 10.1 Å². The quantitative estimate of drug-likeness (QED) is 0.610. The molecular formula is C13H20N2O2. The van der Waals surface area contributed by atoms with Crippen molar-refractivity contribution < 1.29 is 4.92 Å². The summed E-state index contributed by atoms with van der Waals surface area (Å²) >= 11 is 0. The van der Waals surface area contributed by atoms with E-state index in [1.54, 1.807) is 12.1 Å². The monoisotopic (exact) mass is 236 g/mol. The molecule has 1 aromatic carbocycles. The number of non-ortho nitro benzene ring substituents is 1. The molecule has 0 spiro atoms. The molecule has 0 aromatic heterocycles. The van der Waals surface area contributed by atoms with Crippen molar-refractivity contribution in [3.63, 3.8) is 0 Å². The number of benzene rings is 1. The van der Waals surface area contributed by atoms with Crippen LogP contribution in [0.2, 0.25) is 0 Å². The van der Waals surface area contributed by atoms with Crippen molar-refractivity contribution >= 4 is 5.69 Å². The first-order valence-corrected chi connectivity index (χ1v) is 6.01. The summed E-state index contributed by atoms with van der Waals surface area (Å²) in [6.45, 7) is 7.41. The fourth-order valence-corrected chi connectivity index (χ4v) is 1.83. The molecule has 0 saturated heterocycles. The largest absolute Gasteiger partial charge is 0.314 e. The van der Waals surface area contributed by atoms with E-state index in [2.05, 4.69) is 26.1 Å². The Bertz CT molecular complexity index is 362. The first-order chi connectivity index (χ1) is 8.04. The minimum absolute atomic E-state index is 0.154. The Balaban J connectivity index is 2.59. The zero-order chi connectivity index (χ0) is 12.8. The molecule has 0 bridgehead atoms. The number of nitro groups is 1. The molecule has 1 aromatic rings. The Kier molecular flexibility index (Phi) is 5.10. The summed E-state index contributed by atoms with van der Waals surface area (Å²) in [6, 6.07) is 7.27. The van der Waals surface area contributed by atoms with Gasteiger partial charge in [0.2, 0.25) is 0 Å². The summed E-state index contributed by atoms with van der Waals surface area (Å²) < 4.78 is 0.